The lowest BCUT2D eigenvalue weighted by Crippen LogP contribution is -2.42. The monoisotopic (exact) mass is 270 g/mol. The van der Waals surface area contributed by atoms with Gasteiger partial charge in [0, 0.05) is 13.1 Å². The molecule has 5 heteroatoms. The van der Waals surface area contributed by atoms with E-state index in [9.17, 15) is 9.90 Å². The Balaban J connectivity index is 3.01. The third-order valence-electron chi connectivity index (χ3n) is 2.53. The van der Waals surface area contributed by atoms with Crippen molar-refractivity contribution in [2.45, 2.75) is 26.4 Å². The number of anilines is 1. The summed E-state index contributed by atoms with van der Waals surface area (Å²) in [4.78, 5) is 13.8. The lowest BCUT2D eigenvalue weighted by atomic mass is 10.1. The Morgan fingerprint density at radius 2 is 2.11 bits per heavy atom. The molecular weight excluding hydrogens is 252 g/mol. The number of carbonyl (C=O) groups is 1. The second kappa shape index (κ2) is 5.59. The number of amides is 1. The summed E-state index contributed by atoms with van der Waals surface area (Å²) >= 11 is 5.89. The highest BCUT2D eigenvalue weighted by Crippen LogP contribution is 2.24. The van der Waals surface area contributed by atoms with Crippen molar-refractivity contribution in [2.75, 3.05) is 18.8 Å². The van der Waals surface area contributed by atoms with Gasteiger partial charge in [-0.1, -0.05) is 17.7 Å². The van der Waals surface area contributed by atoms with Gasteiger partial charge >= 0.3 is 0 Å². The van der Waals surface area contributed by atoms with Gasteiger partial charge in [-0.15, -0.1) is 0 Å². The van der Waals surface area contributed by atoms with Crippen LogP contribution < -0.4 is 5.73 Å². The van der Waals surface area contributed by atoms with E-state index in [1.165, 1.54) is 0 Å². The van der Waals surface area contributed by atoms with E-state index in [4.69, 9.17) is 17.3 Å². The minimum atomic E-state index is -0.945. The third-order valence-corrected chi connectivity index (χ3v) is 2.86. The molecule has 0 saturated heterocycles. The first kappa shape index (κ1) is 14.8. The molecule has 0 aliphatic heterocycles. The summed E-state index contributed by atoms with van der Waals surface area (Å²) in [7, 11) is 0. The lowest BCUT2D eigenvalue weighted by molar-refractivity contribution is 0.0315. The van der Waals surface area contributed by atoms with Gasteiger partial charge < -0.3 is 15.7 Å². The number of hydrogen-bond donors (Lipinski definition) is 2. The maximum absolute atomic E-state index is 12.3. The zero-order valence-corrected chi connectivity index (χ0v) is 11.7. The smallest absolute Gasteiger partial charge is 0.256 e. The predicted octanol–water partition coefficient (Wildman–Crippen LogP) is 2.16. The van der Waals surface area contributed by atoms with Crippen LogP contribution in [-0.2, 0) is 0 Å². The number of benzene rings is 1. The normalized spacial score (nSPS) is 11.4. The zero-order chi connectivity index (χ0) is 13.9. The first-order valence-corrected chi connectivity index (χ1v) is 6.19. The van der Waals surface area contributed by atoms with Crippen LogP contribution in [0.25, 0.3) is 0 Å². The van der Waals surface area contributed by atoms with Crippen molar-refractivity contribution in [3.63, 3.8) is 0 Å². The number of nitrogens with two attached hydrogens (primary N) is 1. The van der Waals surface area contributed by atoms with Crippen LogP contribution in [0.2, 0.25) is 5.02 Å². The van der Waals surface area contributed by atoms with E-state index in [-0.39, 0.29) is 18.1 Å². The zero-order valence-electron chi connectivity index (χ0n) is 10.9. The molecule has 0 radical (unpaired) electrons. The van der Waals surface area contributed by atoms with Crippen molar-refractivity contribution in [2.24, 2.45) is 0 Å². The molecule has 0 unspecified atom stereocenters. The average Bonchev–Trinajstić information content (AvgIpc) is 2.27. The standard InChI is InChI=1S/C13H19ClN2O2/c1-4-16(8-13(2,3)18)12(17)9-6-5-7-10(14)11(9)15/h5-7,18H,4,8,15H2,1-3H3. The fourth-order valence-corrected chi connectivity index (χ4v) is 1.86. The summed E-state index contributed by atoms with van der Waals surface area (Å²) in [6.45, 7) is 5.90. The van der Waals surface area contributed by atoms with E-state index >= 15 is 0 Å². The van der Waals surface area contributed by atoms with E-state index in [0.717, 1.165) is 0 Å². The van der Waals surface area contributed by atoms with E-state index < -0.39 is 5.60 Å². The van der Waals surface area contributed by atoms with E-state index in [1.807, 2.05) is 6.92 Å². The number of likely N-dealkylation sites (N-methyl/N-ethyl adjacent to an activating group) is 1. The summed E-state index contributed by atoms with van der Waals surface area (Å²) < 4.78 is 0. The van der Waals surface area contributed by atoms with Crippen molar-refractivity contribution >= 4 is 23.2 Å². The Morgan fingerprint density at radius 1 is 1.50 bits per heavy atom. The van der Waals surface area contributed by atoms with Gasteiger partial charge in [0.2, 0.25) is 0 Å². The molecule has 1 rings (SSSR count). The molecule has 1 aromatic rings. The highest BCUT2D eigenvalue weighted by atomic mass is 35.5. The van der Waals surface area contributed by atoms with Crippen LogP contribution in [0.4, 0.5) is 5.69 Å². The molecule has 0 spiro atoms. The Kier molecular flexibility index (Phi) is 4.59. The molecule has 0 atom stereocenters. The van der Waals surface area contributed by atoms with Crippen molar-refractivity contribution in [1.29, 1.82) is 0 Å². The van der Waals surface area contributed by atoms with Gasteiger partial charge in [0.25, 0.3) is 5.91 Å². The molecule has 3 N–H and O–H groups in total. The molecule has 0 bridgehead atoms. The fourth-order valence-electron chi connectivity index (χ4n) is 1.69. The largest absolute Gasteiger partial charge is 0.397 e. The highest BCUT2D eigenvalue weighted by Gasteiger charge is 2.23. The van der Waals surface area contributed by atoms with E-state index in [2.05, 4.69) is 0 Å². The first-order valence-electron chi connectivity index (χ1n) is 5.82. The van der Waals surface area contributed by atoms with Crippen molar-refractivity contribution in [1.82, 2.24) is 4.90 Å². The minimum absolute atomic E-state index is 0.223. The first-order chi connectivity index (χ1) is 8.26. The number of nitrogens with zero attached hydrogens (tertiary/aromatic N) is 1. The molecule has 100 valence electrons. The number of hydrogen-bond acceptors (Lipinski definition) is 3. The molecule has 0 aromatic heterocycles. The molecule has 0 aliphatic carbocycles. The van der Waals surface area contributed by atoms with Gasteiger partial charge in [0.1, 0.15) is 0 Å². The number of carbonyl (C=O) groups excluding carboxylic acids is 1. The van der Waals surface area contributed by atoms with Crippen molar-refractivity contribution in [3.8, 4) is 0 Å². The van der Waals surface area contributed by atoms with Gasteiger partial charge in [0.05, 0.1) is 21.9 Å². The van der Waals surface area contributed by atoms with Crippen LogP contribution >= 0.6 is 11.6 Å². The number of nitrogen functional groups attached to an aromatic ring is 1. The van der Waals surface area contributed by atoms with Crippen LogP contribution in [0.3, 0.4) is 0 Å². The van der Waals surface area contributed by atoms with Crippen LogP contribution in [0.1, 0.15) is 31.1 Å². The summed E-state index contributed by atoms with van der Waals surface area (Å²) in [5.74, 6) is -0.223. The lowest BCUT2D eigenvalue weighted by Gasteiger charge is -2.28. The molecule has 1 amide bonds. The minimum Gasteiger partial charge on any atom is -0.397 e. The van der Waals surface area contributed by atoms with Gasteiger partial charge in [-0.2, -0.15) is 0 Å². The van der Waals surface area contributed by atoms with Gasteiger partial charge in [-0.25, -0.2) is 0 Å². The Labute approximate surface area is 112 Å². The maximum Gasteiger partial charge on any atom is 0.256 e. The molecule has 1 aromatic carbocycles. The third kappa shape index (κ3) is 3.62. The van der Waals surface area contributed by atoms with Gasteiger partial charge in [0.15, 0.2) is 0 Å². The van der Waals surface area contributed by atoms with Crippen molar-refractivity contribution in [3.05, 3.63) is 28.8 Å². The Hall–Kier alpha value is -1.26. The summed E-state index contributed by atoms with van der Waals surface area (Å²) in [5, 5.41) is 10.1. The number of para-hydroxylation sites is 1. The summed E-state index contributed by atoms with van der Waals surface area (Å²) in [6.07, 6.45) is 0. The topological polar surface area (TPSA) is 66.6 Å². The number of aliphatic hydroxyl groups is 1. The molecule has 0 aliphatic rings. The van der Waals surface area contributed by atoms with E-state index in [1.54, 1.807) is 36.9 Å². The SMILES string of the molecule is CCN(CC(C)(C)O)C(=O)c1cccc(Cl)c1N. The van der Waals surface area contributed by atoms with Crippen LogP contribution in [0.5, 0.6) is 0 Å². The highest BCUT2D eigenvalue weighted by molar-refractivity contribution is 6.33. The van der Waals surface area contributed by atoms with Gasteiger partial charge in [-0.05, 0) is 32.9 Å². The Bertz CT molecular complexity index is 441. The molecule has 0 heterocycles. The second-order valence-corrected chi connectivity index (χ2v) is 5.24. The van der Waals surface area contributed by atoms with Crippen LogP contribution in [0, 0.1) is 0 Å². The maximum atomic E-state index is 12.3. The molecule has 4 nitrogen and oxygen atoms in total. The average molecular weight is 271 g/mol. The quantitative estimate of drug-likeness (QED) is 0.824. The van der Waals surface area contributed by atoms with Crippen LogP contribution in [-0.4, -0.2) is 34.6 Å². The summed E-state index contributed by atoms with van der Waals surface area (Å²) in [6, 6.07) is 4.96. The number of rotatable bonds is 4. The van der Waals surface area contributed by atoms with Crippen LogP contribution in [0.15, 0.2) is 18.2 Å². The molecule has 0 fully saturated rings. The van der Waals surface area contributed by atoms with Gasteiger partial charge in [-0.3, -0.25) is 4.79 Å². The predicted molar refractivity (Wildman–Crippen MR) is 73.7 cm³/mol. The summed E-state index contributed by atoms with van der Waals surface area (Å²) in [5.41, 5.74) is 5.50. The Morgan fingerprint density at radius 3 is 2.61 bits per heavy atom. The number of halogens is 1. The fraction of sp³-hybridized carbons (Fsp3) is 0.462. The van der Waals surface area contributed by atoms with Crippen molar-refractivity contribution < 1.29 is 9.90 Å². The second-order valence-electron chi connectivity index (χ2n) is 4.83. The molecular formula is C13H19ClN2O2. The molecule has 18 heavy (non-hydrogen) atoms. The molecule has 0 saturated carbocycles. The van der Waals surface area contributed by atoms with E-state index in [0.29, 0.717) is 17.1 Å².